The van der Waals surface area contributed by atoms with Gasteiger partial charge in [-0.25, -0.2) is 14.3 Å². The highest BCUT2D eigenvalue weighted by Gasteiger charge is 2.26. The van der Waals surface area contributed by atoms with Gasteiger partial charge in [-0.05, 0) is 24.3 Å². The van der Waals surface area contributed by atoms with Crippen molar-refractivity contribution in [3.63, 3.8) is 0 Å². The predicted octanol–water partition coefficient (Wildman–Crippen LogP) is 1.58. The highest BCUT2D eigenvalue weighted by molar-refractivity contribution is 6.05. The van der Waals surface area contributed by atoms with E-state index < -0.39 is 28.7 Å². The van der Waals surface area contributed by atoms with Gasteiger partial charge in [0.1, 0.15) is 5.75 Å². The number of nitrogens with zero attached hydrogens (tertiary/aromatic N) is 2. The third-order valence-corrected chi connectivity index (χ3v) is 3.52. The minimum Gasteiger partial charge on any atom is -0.506 e. The fourth-order valence-electron chi connectivity index (χ4n) is 2.39. The largest absolute Gasteiger partial charge is 0.506 e. The zero-order valence-electron chi connectivity index (χ0n) is 12.6. The van der Waals surface area contributed by atoms with Gasteiger partial charge in [-0.1, -0.05) is 18.2 Å². The number of methoxy groups -OCH3 is 1. The number of rotatable bonds is 2. The van der Waals surface area contributed by atoms with E-state index in [0.717, 1.165) is 11.7 Å². The Kier molecular flexibility index (Phi) is 3.83. The molecule has 0 fully saturated rings. The van der Waals surface area contributed by atoms with E-state index in [2.05, 4.69) is 9.72 Å². The van der Waals surface area contributed by atoms with Crippen molar-refractivity contribution in [2.45, 2.75) is 0 Å². The summed E-state index contributed by atoms with van der Waals surface area (Å²) in [5.41, 5.74) is -1.39. The molecule has 0 aliphatic carbocycles. The molecule has 2 aromatic heterocycles. The third-order valence-electron chi connectivity index (χ3n) is 3.52. The van der Waals surface area contributed by atoms with E-state index in [1.54, 1.807) is 18.2 Å². The van der Waals surface area contributed by atoms with Crippen LogP contribution < -0.4 is 5.56 Å². The van der Waals surface area contributed by atoms with Gasteiger partial charge < -0.3 is 9.84 Å². The molecule has 0 atom stereocenters. The Balaban J connectivity index is 2.41. The van der Waals surface area contributed by atoms with E-state index in [1.807, 2.05) is 0 Å². The molecule has 0 radical (unpaired) electrons. The Bertz CT molecular complexity index is 1010. The highest BCUT2D eigenvalue weighted by atomic mass is 16.5. The van der Waals surface area contributed by atoms with Gasteiger partial charge in [0, 0.05) is 11.8 Å². The van der Waals surface area contributed by atoms with Crippen LogP contribution in [0.4, 0.5) is 0 Å². The first-order chi connectivity index (χ1) is 11.6. The number of fused-ring (bicyclic) bond motifs is 1. The molecule has 24 heavy (non-hydrogen) atoms. The Labute approximate surface area is 135 Å². The number of pyridine rings is 2. The van der Waals surface area contributed by atoms with Crippen LogP contribution in [0.3, 0.4) is 0 Å². The summed E-state index contributed by atoms with van der Waals surface area (Å²) >= 11 is 0. The van der Waals surface area contributed by atoms with Crippen LogP contribution in [-0.2, 0) is 4.74 Å². The van der Waals surface area contributed by atoms with Crippen molar-refractivity contribution >= 4 is 22.9 Å². The normalized spacial score (nSPS) is 10.5. The molecule has 0 amide bonds. The summed E-state index contributed by atoms with van der Waals surface area (Å²) in [4.78, 5) is 41.3. The molecule has 2 heterocycles. The number of hydrogen-bond donors (Lipinski definition) is 1. The van der Waals surface area contributed by atoms with Crippen LogP contribution in [0, 0.1) is 0 Å². The number of aromatic hydroxyl groups is 1. The molecule has 7 heteroatoms. The van der Waals surface area contributed by atoms with Crippen LogP contribution in [0.2, 0.25) is 0 Å². The summed E-state index contributed by atoms with van der Waals surface area (Å²) in [7, 11) is 1.08. The maximum absolute atomic E-state index is 12.7. The monoisotopic (exact) mass is 324 g/mol. The first-order valence-electron chi connectivity index (χ1n) is 6.97. The Hall–Kier alpha value is -3.48. The molecule has 0 saturated carbocycles. The Morgan fingerprint density at radius 2 is 1.83 bits per heavy atom. The second-order valence-electron chi connectivity index (χ2n) is 4.90. The zero-order valence-corrected chi connectivity index (χ0v) is 12.6. The summed E-state index contributed by atoms with van der Waals surface area (Å²) in [6.45, 7) is 0. The molecular formula is C17H12N2O5. The van der Waals surface area contributed by atoms with Gasteiger partial charge in [0.15, 0.2) is 11.2 Å². The lowest BCUT2D eigenvalue weighted by Crippen LogP contribution is -2.32. The van der Waals surface area contributed by atoms with E-state index in [-0.39, 0.29) is 16.6 Å². The van der Waals surface area contributed by atoms with Crippen molar-refractivity contribution in [3.8, 4) is 5.75 Å². The molecule has 1 N–H and O–H groups in total. The number of carbonyl (C=O) groups excluding carboxylic acids is 2. The first-order valence-corrected chi connectivity index (χ1v) is 6.97. The van der Waals surface area contributed by atoms with Crippen LogP contribution in [0.15, 0.2) is 53.5 Å². The Morgan fingerprint density at radius 1 is 1.12 bits per heavy atom. The fraction of sp³-hybridized carbons (Fsp3) is 0.0588. The molecule has 0 spiro atoms. The predicted molar refractivity (Wildman–Crippen MR) is 85.2 cm³/mol. The van der Waals surface area contributed by atoms with E-state index in [9.17, 15) is 19.5 Å². The topological polar surface area (TPSA) is 98.5 Å². The third kappa shape index (κ3) is 2.32. The van der Waals surface area contributed by atoms with Gasteiger partial charge in [-0.15, -0.1) is 0 Å². The summed E-state index contributed by atoms with van der Waals surface area (Å²) < 4.78 is 5.30. The minimum absolute atomic E-state index is 0.0403. The molecule has 0 unspecified atom stereocenters. The van der Waals surface area contributed by atoms with Gasteiger partial charge in [0.05, 0.1) is 12.5 Å². The van der Waals surface area contributed by atoms with Gasteiger partial charge >= 0.3 is 5.97 Å². The zero-order chi connectivity index (χ0) is 17.3. The molecule has 3 aromatic rings. The molecule has 1 aromatic carbocycles. The molecule has 0 bridgehead atoms. The number of aromatic nitrogens is 2. The average molecular weight is 324 g/mol. The lowest BCUT2D eigenvalue weighted by Gasteiger charge is -2.12. The summed E-state index contributed by atoms with van der Waals surface area (Å²) in [6, 6.07) is 11.1. The van der Waals surface area contributed by atoms with Crippen molar-refractivity contribution in [2.24, 2.45) is 0 Å². The maximum atomic E-state index is 12.7. The van der Waals surface area contributed by atoms with Gasteiger partial charge in [0.2, 0.25) is 0 Å². The van der Waals surface area contributed by atoms with E-state index in [4.69, 9.17) is 0 Å². The number of hydrogen-bond acceptors (Lipinski definition) is 6. The number of carbonyl (C=O) groups is 2. The molecule has 0 aliphatic heterocycles. The van der Waals surface area contributed by atoms with Gasteiger partial charge in [-0.2, -0.15) is 0 Å². The van der Waals surface area contributed by atoms with Crippen LogP contribution in [0.1, 0.15) is 20.7 Å². The van der Waals surface area contributed by atoms with Gasteiger partial charge in [-0.3, -0.25) is 9.59 Å². The van der Waals surface area contributed by atoms with Crippen molar-refractivity contribution in [3.05, 3.63) is 70.1 Å². The van der Waals surface area contributed by atoms with Crippen LogP contribution in [-0.4, -0.2) is 33.6 Å². The SMILES string of the molecule is COC(=O)c1c(O)c2cccnc2n(C(=O)c2ccccc2)c1=O. The Morgan fingerprint density at radius 3 is 2.50 bits per heavy atom. The number of esters is 1. The lowest BCUT2D eigenvalue weighted by molar-refractivity contribution is 0.0595. The maximum Gasteiger partial charge on any atom is 0.347 e. The summed E-state index contributed by atoms with van der Waals surface area (Å²) in [5, 5.41) is 10.3. The first kappa shape index (κ1) is 15.4. The smallest absolute Gasteiger partial charge is 0.347 e. The molecular weight excluding hydrogens is 312 g/mol. The highest BCUT2D eigenvalue weighted by Crippen LogP contribution is 2.25. The van der Waals surface area contributed by atoms with Crippen LogP contribution >= 0.6 is 0 Å². The quantitative estimate of drug-likeness (QED) is 0.719. The van der Waals surface area contributed by atoms with Crippen molar-refractivity contribution in [2.75, 3.05) is 7.11 Å². The minimum atomic E-state index is -1.03. The number of benzene rings is 1. The summed E-state index contributed by atoms with van der Waals surface area (Å²) in [5.74, 6) is -2.25. The lowest BCUT2D eigenvalue weighted by atomic mass is 10.1. The average Bonchev–Trinajstić information content (AvgIpc) is 2.62. The molecule has 120 valence electrons. The molecule has 3 rings (SSSR count). The molecule has 7 nitrogen and oxygen atoms in total. The van der Waals surface area contributed by atoms with E-state index >= 15 is 0 Å². The second kappa shape index (κ2) is 5.96. The molecule has 0 saturated heterocycles. The van der Waals surface area contributed by atoms with Crippen molar-refractivity contribution < 1.29 is 19.4 Å². The van der Waals surface area contributed by atoms with Crippen molar-refractivity contribution in [1.82, 2.24) is 9.55 Å². The fourth-order valence-corrected chi connectivity index (χ4v) is 2.39. The van der Waals surface area contributed by atoms with Crippen LogP contribution in [0.25, 0.3) is 11.0 Å². The van der Waals surface area contributed by atoms with Crippen LogP contribution in [0.5, 0.6) is 5.75 Å². The summed E-state index contributed by atoms with van der Waals surface area (Å²) in [6.07, 6.45) is 1.38. The molecule has 0 aliphatic rings. The van der Waals surface area contributed by atoms with E-state index in [1.165, 1.54) is 30.5 Å². The van der Waals surface area contributed by atoms with Gasteiger partial charge in [0.25, 0.3) is 11.5 Å². The second-order valence-corrected chi connectivity index (χ2v) is 4.90. The van der Waals surface area contributed by atoms with Crippen molar-refractivity contribution in [1.29, 1.82) is 0 Å². The van der Waals surface area contributed by atoms with E-state index in [0.29, 0.717) is 0 Å². The standard InChI is InChI=1S/C17H12N2O5/c1-24-17(23)12-13(20)11-8-5-9-18-14(11)19(16(12)22)15(21)10-6-3-2-4-7-10/h2-9,20H,1H3. The number of ether oxygens (including phenoxy) is 1.